The zero-order chi connectivity index (χ0) is 14.1. The summed E-state index contributed by atoms with van der Waals surface area (Å²) in [6.07, 6.45) is 5.80. The highest BCUT2D eigenvalue weighted by atomic mass is 15.1. The van der Waals surface area contributed by atoms with E-state index in [0.717, 1.165) is 23.0 Å². The van der Waals surface area contributed by atoms with Gasteiger partial charge in [-0.15, -0.1) is 0 Å². The Morgan fingerprint density at radius 1 is 1.30 bits per heavy atom. The maximum absolute atomic E-state index is 9.15. The normalized spacial score (nSPS) is 11.1. The highest BCUT2D eigenvalue weighted by Gasteiger charge is 2.09. The molecule has 4 heteroatoms. The van der Waals surface area contributed by atoms with E-state index in [4.69, 9.17) is 5.26 Å². The van der Waals surface area contributed by atoms with Gasteiger partial charge >= 0.3 is 0 Å². The van der Waals surface area contributed by atoms with Crippen LogP contribution in [0.3, 0.4) is 0 Å². The lowest BCUT2D eigenvalue weighted by Crippen LogP contribution is -2.08. The number of aromatic nitrogens is 3. The van der Waals surface area contributed by atoms with Crippen LogP contribution in [0.15, 0.2) is 43.0 Å². The molecule has 20 heavy (non-hydrogen) atoms. The van der Waals surface area contributed by atoms with Gasteiger partial charge in [-0.2, -0.15) is 5.26 Å². The molecule has 0 unspecified atom stereocenters. The van der Waals surface area contributed by atoms with Gasteiger partial charge in [0.1, 0.15) is 0 Å². The third-order valence-corrected chi connectivity index (χ3v) is 3.57. The first-order chi connectivity index (χ1) is 9.70. The van der Waals surface area contributed by atoms with Crippen LogP contribution in [-0.4, -0.2) is 14.1 Å². The number of imidazole rings is 1. The molecular formula is C16H16N4. The second-order valence-electron chi connectivity index (χ2n) is 5.18. The molecule has 0 aliphatic carbocycles. The average Bonchev–Trinajstić information content (AvgIpc) is 3.06. The Labute approximate surface area is 117 Å². The van der Waals surface area contributed by atoms with Crippen LogP contribution in [0.25, 0.3) is 10.9 Å². The van der Waals surface area contributed by atoms with Crippen LogP contribution in [0.2, 0.25) is 0 Å². The molecule has 4 nitrogen and oxygen atoms in total. The van der Waals surface area contributed by atoms with Crippen LogP contribution >= 0.6 is 0 Å². The van der Waals surface area contributed by atoms with E-state index in [9.17, 15) is 0 Å². The molecule has 0 N–H and O–H groups in total. The van der Waals surface area contributed by atoms with Crippen molar-refractivity contribution in [2.75, 3.05) is 0 Å². The minimum absolute atomic E-state index is 0.393. The second kappa shape index (κ2) is 4.86. The van der Waals surface area contributed by atoms with Crippen molar-refractivity contribution in [3.8, 4) is 6.07 Å². The highest BCUT2D eigenvalue weighted by Crippen LogP contribution is 2.21. The summed E-state index contributed by atoms with van der Waals surface area (Å²) in [5, 5.41) is 10.2. The van der Waals surface area contributed by atoms with Crippen LogP contribution < -0.4 is 0 Å². The maximum atomic E-state index is 9.15. The van der Waals surface area contributed by atoms with Crippen LogP contribution in [0, 0.1) is 11.3 Å². The molecular weight excluding hydrogens is 248 g/mol. The van der Waals surface area contributed by atoms with E-state index < -0.39 is 0 Å². The molecule has 0 saturated heterocycles. The van der Waals surface area contributed by atoms with Gasteiger partial charge in [0.15, 0.2) is 0 Å². The molecule has 0 fully saturated rings. The summed E-state index contributed by atoms with van der Waals surface area (Å²) in [7, 11) is 0. The van der Waals surface area contributed by atoms with E-state index in [2.05, 4.69) is 34.0 Å². The number of nitriles is 1. The quantitative estimate of drug-likeness (QED) is 0.728. The minimum Gasteiger partial charge on any atom is -0.341 e. The van der Waals surface area contributed by atoms with Crippen LogP contribution in [0.4, 0.5) is 0 Å². The molecule has 0 bridgehead atoms. The lowest BCUT2D eigenvalue weighted by molar-refractivity contribution is 0.564. The maximum Gasteiger partial charge on any atom is 0.0998 e. The van der Waals surface area contributed by atoms with Gasteiger partial charge in [-0.3, -0.25) is 0 Å². The minimum atomic E-state index is 0.393. The van der Waals surface area contributed by atoms with E-state index in [1.54, 1.807) is 0 Å². The van der Waals surface area contributed by atoms with E-state index in [1.165, 1.54) is 5.69 Å². The van der Waals surface area contributed by atoms with Crippen molar-refractivity contribution in [2.45, 2.75) is 26.4 Å². The third-order valence-electron chi connectivity index (χ3n) is 3.57. The largest absolute Gasteiger partial charge is 0.341 e. The number of fused-ring (bicyclic) bond motifs is 1. The summed E-state index contributed by atoms with van der Waals surface area (Å²) < 4.78 is 4.33. The monoisotopic (exact) mass is 264 g/mol. The van der Waals surface area contributed by atoms with Crippen molar-refractivity contribution in [1.29, 1.82) is 5.26 Å². The first kappa shape index (κ1) is 12.5. The van der Waals surface area contributed by atoms with E-state index in [0.29, 0.717) is 6.04 Å². The zero-order valence-corrected chi connectivity index (χ0v) is 11.6. The van der Waals surface area contributed by atoms with Gasteiger partial charge in [-0.1, -0.05) is 6.07 Å². The molecule has 100 valence electrons. The van der Waals surface area contributed by atoms with Crippen molar-refractivity contribution in [2.24, 2.45) is 0 Å². The fraction of sp³-hybridized carbons (Fsp3) is 0.250. The van der Waals surface area contributed by atoms with Crippen molar-refractivity contribution in [3.63, 3.8) is 0 Å². The number of benzene rings is 1. The Bertz CT molecular complexity index is 786. The van der Waals surface area contributed by atoms with Crippen molar-refractivity contribution < 1.29 is 0 Å². The predicted octanol–water partition coefficient (Wildman–Crippen LogP) is 3.34. The van der Waals surface area contributed by atoms with Gasteiger partial charge in [-0.25, -0.2) is 4.98 Å². The lowest BCUT2D eigenvalue weighted by atomic mass is 10.1. The molecule has 2 heterocycles. The molecule has 1 aromatic carbocycles. The molecule has 0 amide bonds. The van der Waals surface area contributed by atoms with Gasteiger partial charge in [0.25, 0.3) is 0 Å². The van der Waals surface area contributed by atoms with Crippen molar-refractivity contribution in [3.05, 3.63) is 54.2 Å². The second-order valence-corrected chi connectivity index (χ2v) is 5.18. The van der Waals surface area contributed by atoms with Crippen molar-refractivity contribution >= 4 is 10.9 Å². The number of hydrogen-bond acceptors (Lipinski definition) is 2. The molecule has 2 aromatic heterocycles. The Balaban J connectivity index is 2.04. The van der Waals surface area contributed by atoms with Crippen LogP contribution in [0.1, 0.15) is 31.1 Å². The Kier molecular flexibility index (Phi) is 3.03. The smallest absolute Gasteiger partial charge is 0.0998 e. The van der Waals surface area contributed by atoms with Crippen LogP contribution in [-0.2, 0) is 6.54 Å². The Hall–Kier alpha value is -2.54. The number of rotatable bonds is 3. The van der Waals surface area contributed by atoms with Gasteiger partial charge in [0, 0.05) is 29.3 Å². The molecule has 0 aliphatic heterocycles. The van der Waals surface area contributed by atoms with Crippen LogP contribution in [0.5, 0.6) is 0 Å². The van der Waals surface area contributed by atoms with Crippen molar-refractivity contribution in [1.82, 2.24) is 14.1 Å². The first-order valence-corrected chi connectivity index (χ1v) is 6.69. The molecule has 3 rings (SSSR count). The first-order valence-electron chi connectivity index (χ1n) is 6.69. The zero-order valence-electron chi connectivity index (χ0n) is 11.6. The standard InChI is InChI=1S/C16H16N4/c1-12(2)20-11-18-9-14(20)10-19-7-6-15-13(8-17)4-3-5-16(15)19/h3-7,9,11-12H,10H2,1-2H3. The molecule has 3 aromatic rings. The summed E-state index contributed by atoms with van der Waals surface area (Å²) in [5.74, 6) is 0. The molecule has 0 radical (unpaired) electrons. The predicted molar refractivity (Wildman–Crippen MR) is 78.4 cm³/mol. The molecule has 0 saturated carbocycles. The third kappa shape index (κ3) is 1.97. The Morgan fingerprint density at radius 3 is 2.90 bits per heavy atom. The fourth-order valence-corrected chi connectivity index (χ4v) is 2.55. The molecule has 0 aliphatic rings. The summed E-state index contributed by atoms with van der Waals surface area (Å²) in [4.78, 5) is 4.23. The van der Waals surface area contributed by atoms with E-state index in [-0.39, 0.29) is 0 Å². The van der Waals surface area contributed by atoms with E-state index >= 15 is 0 Å². The highest BCUT2D eigenvalue weighted by molar-refractivity contribution is 5.86. The Morgan fingerprint density at radius 2 is 2.15 bits per heavy atom. The summed E-state index contributed by atoms with van der Waals surface area (Å²) in [6.45, 7) is 5.05. The number of nitrogens with zero attached hydrogens (tertiary/aromatic N) is 4. The van der Waals surface area contributed by atoms with Gasteiger partial charge in [0.05, 0.1) is 30.2 Å². The fourth-order valence-electron chi connectivity index (χ4n) is 2.55. The van der Waals surface area contributed by atoms with Gasteiger partial charge < -0.3 is 9.13 Å². The van der Waals surface area contributed by atoms with Gasteiger partial charge in [0.2, 0.25) is 0 Å². The number of hydrogen-bond donors (Lipinski definition) is 0. The molecule has 0 atom stereocenters. The summed E-state index contributed by atoms with van der Waals surface area (Å²) in [5.41, 5.74) is 2.97. The lowest BCUT2D eigenvalue weighted by Gasteiger charge is -2.13. The SMILES string of the molecule is CC(C)n1cncc1Cn1ccc2c(C#N)cccc21. The average molecular weight is 264 g/mol. The van der Waals surface area contributed by atoms with E-state index in [1.807, 2.05) is 43.0 Å². The topological polar surface area (TPSA) is 46.5 Å². The summed E-state index contributed by atoms with van der Waals surface area (Å²) >= 11 is 0. The van der Waals surface area contributed by atoms with Gasteiger partial charge in [-0.05, 0) is 32.0 Å². The summed E-state index contributed by atoms with van der Waals surface area (Å²) in [6, 6.07) is 10.5. The molecule has 0 spiro atoms.